The first-order valence-electron chi connectivity index (χ1n) is 11.3. The van der Waals surface area contributed by atoms with Crippen molar-refractivity contribution < 1.29 is 24.2 Å². The highest BCUT2D eigenvalue weighted by molar-refractivity contribution is 6.05. The zero-order valence-electron chi connectivity index (χ0n) is 20.0. The van der Waals surface area contributed by atoms with Crippen LogP contribution in [0.1, 0.15) is 37.5 Å². The molecule has 1 aromatic heterocycles. The molecule has 36 heavy (non-hydrogen) atoms. The molecule has 182 valence electrons. The van der Waals surface area contributed by atoms with Crippen molar-refractivity contribution in [2.75, 3.05) is 12.4 Å². The first kappa shape index (κ1) is 24.6. The van der Waals surface area contributed by atoms with Crippen LogP contribution in [0.15, 0.2) is 85.1 Å². The van der Waals surface area contributed by atoms with Crippen LogP contribution in [-0.4, -0.2) is 29.1 Å². The fourth-order valence-corrected chi connectivity index (χ4v) is 3.73. The van der Waals surface area contributed by atoms with Crippen LogP contribution >= 0.6 is 0 Å². The molecule has 0 saturated heterocycles. The van der Waals surface area contributed by atoms with Gasteiger partial charge < -0.3 is 19.9 Å². The maximum Gasteiger partial charge on any atom is 0.337 e. The molecule has 7 heteroatoms. The van der Waals surface area contributed by atoms with Crippen molar-refractivity contribution in [1.29, 1.82) is 0 Å². The van der Waals surface area contributed by atoms with E-state index >= 15 is 0 Å². The number of amides is 1. The van der Waals surface area contributed by atoms with Crippen molar-refractivity contribution >= 4 is 17.6 Å². The average molecular weight is 483 g/mol. The number of methoxy groups -OCH3 is 1. The second-order valence-corrected chi connectivity index (χ2v) is 8.21. The molecule has 1 amide bonds. The van der Waals surface area contributed by atoms with E-state index in [1.54, 1.807) is 56.6 Å². The molecule has 0 fully saturated rings. The monoisotopic (exact) mass is 482 g/mol. The number of hydrogen-bond donors (Lipinski definition) is 2. The summed E-state index contributed by atoms with van der Waals surface area (Å²) >= 11 is 0. The number of aromatic nitrogens is 1. The smallest absolute Gasteiger partial charge is 0.337 e. The third-order valence-electron chi connectivity index (χ3n) is 5.67. The summed E-state index contributed by atoms with van der Waals surface area (Å²) in [6, 6.07) is 23.9. The molecule has 4 aromatic rings. The lowest BCUT2D eigenvalue weighted by atomic mass is 10.0. The molecule has 2 N–H and O–H groups in total. The fourth-order valence-electron chi connectivity index (χ4n) is 3.73. The SMILES string of the molecule is COc1cc(COCc2ccccc2)ccc1NC(=O)c1cccc(-c2cnc(C)c(C(=O)O)c2)c1. The number of carboxylic acids is 1. The number of carbonyl (C=O) groups is 2. The minimum Gasteiger partial charge on any atom is -0.495 e. The highest BCUT2D eigenvalue weighted by Gasteiger charge is 2.14. The molecule has 0 atom stereocenters. The van der Waals surface area contributed by atoms with Gasteiger partial charge in [-0.25, -0.2) is 4.79 Å². The molecule has 0 saturated carbocycles. The number of pyridine rings is 1. The van der Waals surface area contributed by atoms with E-state index in [-0.39, 0.29) is 11.5 Å². The Balaban J connectivity index is 1.46. The van der Waals surface area contributed by atoms with Crippen molar-refractivity contribution in [2.45, 2.75) is 20.1 Å². The molecular formula is C29H26N2O5. The topological polar surface area (TPSA) is 97.8 Å². The second kappa shape index (κ2) is 11.3. The number of hydrogen-bond acceptors (Lipinski definition) is 5. The molecule has 4 rings (SSSR count). The quantitative estimate of drug-likeness (QED) is 0.316. The minimum absolute atomic E-state index is 0.125. The van der Waals surface area contributed by atoms with Crippen LogP contribution in [0.3, 0.4) is 0 Å². The van der Waals surface area contributed by atoms with Crippen LogP contribution < -0.4 is 10.1 Å². The van der Waals surface area contributed by atoms with Gasteiger partial charge in [0, 0.05) is 17.3 Å². The second-order valence-electron chi connectivity index (χ2n) is 8.21. The number of rotatable bonds is 9. The van der Waals surface area contributed by atoms with Crippen LogP contribution in [0.4, 0.5) is 5.69 Å². The van der Waals surface area contributed by atoms with Crippen molar-refractivity contribution in [3.63, 3.8) is 0 Å². The first-order valence-corrected chi connectivity index (χ1v) is 11.3. The van der Waals surface area contributed by atoms with Crippen molar-refractivity contribution in [3.8, 4) is 16.9 Å². The summed E-state index contributed by atoms with van der Waals surface area (Å²) in [5, 5.41) is 12.3. The van der Waals surface area contributed by atoms with Gasteiger partial charge in [0.05, 0.1) is 37.3 Å². The average Bonchev–Trinajstić information content (AvgIpc) is 2.90. The number of benzene rings is 3. The number of carboxylic acid groups (broad SMARTS) is 1. The highest BCUT2D eigenvalue weighted by atomic mass is 16.5. The maximum absolute atomic E-state index is 13.0. The summed E-state index contributed by atoms with van der Waals surface area (Å²) in [5.74, 6) is -0.840. The van der Waals surface area contributed by atoms with Crippen LogP contribution in [0.2, 0.25) is 0 Å². The van der Waals surface area contributed by atoms with Crippen LogP contribution in [-0.2, 0) is 18.0 Å². The Bertz CT molecular complexity index is 1390. The molecular weight excluding hydrogens is 456 g/mol. The van der Waals surface area contributed by atoms with Gasteiger partial charge in [-0.3, -0.25) is 9.78 Å². The van der Waals surface area contributed by atoms with Crippen molar-refractivity contribution in [2.24, 2.45) is 0 Å². The molecule has 0 unspecified atom stereocenters. The third-order valence-corrected chi connectivity index (χ3v) is 5.67. The molecule has 0 spiro atoms. The van der Waals surface area contributed by atoms with E-state index in [4.69, 9.17) is 9.47 Å². The normalized spacial score (nSPS) is 10.6. The number of ether oxygens (including phenoxy) is 2. The lowest BCUT2D eigenvalue weighted by molar-refractivity contribution is 0.0695. The number of aromatic carboxylic acids is 1. The van der Waals surface area contributed by atoms with Gasteiger partial charge in [0.15, 0.2) is 0 Å². The Kier molecular flexibility index (Phi) is 7.72. The Hall–Kier alpha value is -4.49. The predicted octanol–water partition coefficient (Wildman–Crippen LogP) is 5.73. The lowest BCUT2D eigenvalue weighted by Crippen LogP contribution is -2.13. The summed E-state index contributed by atoms with van der Waals surface area (Å²) < 4.78 is 11.3. The zero-order chi connectivity index (χ0) is 25.5. The number of nitrogens with one attached hydrogen (secondary N) is 1. The fraction of sp³-hybridized carbons (Fsp3) is 0.138. The largest absolute Gasteiger partial charge is 0.495 e. The number of aryl methyl sites for hydroxylation is 1. The summed E-state index contributed by atoms with van der Waals surface area (Å²) in [5.41, 5.74) is 4.83. The highest BCUT2D eigenvalue weighted by Crippen LogP contribution is 2.28. The lowest BCUT2D eigenvalue weighted by Gasteiger charge is -2.13. The van der Waals surface area contributed by atoms with Gasteiger partial charge in [0.25, 0.3) is 5.91 Å². The zero-order valence-corrected chi connectivity index (χ0v) is 20.0. The summed E-state index contributed by atoms with van der Waals surface area (Å²) in [6.07, 6.45) is 1.60. The molecule has 0 aliphatic rings. The van der Waals surface area contributed by atoms with E-state index in [0.29, 0.717) is 47.0 Å². The van der Waals surface area contributed by atoms with Gasteiger partial charge in [-0.15, -0.1) is 0 Å². The summed E-state index contributed by atoms with van der Waals surface area (Å²) in [7, 11) is 1.55. The van der Waals surface area contributed by atoms with Crippen molar-refractivity contribution in [1.82, 2.24) is 4.98 Å². The van der Waals surface area contributed by atoms with E-state index in [1.165, 1.54) is 0 Å². The van der Waals surface area contributed by atoms with E-state index in [9.17, 15) is 14.7 Å². The molecule has 0 aliphatic heterocycles. The van der Waals surface area contributed by atoms with Gasteiger partial charge in [-0.05, 0) is 53.9 Å². The summed E-state index contributed by atoms with van der Waals surface area (Å²) in [4.78, 5) is 28.7. The number of nitrogens with zero attached hydrogens (tertiary/aromatic N) is 1. The van der Waals surface area contributed by atoms with Crippen LogP contribution in [0, 0.1) is 6.92 Å². The molecule has 0 bridgehead atoms. The Morgan fingerprint density at radius 3 is 2.42 bits per heavy atom. The van der Waals surface area contributed by atoms with Gasteiger partial charge in [-0.1, -0.05) is 48.5 Å². The molecule has 0 aliphatic carbocycles. The van der Waals surface area contributed by atoms with E-state index < -0.39 is 5.97 Å². The number of anilines is 1. The van der Waals surface area contributed by atoms with E-state index in [2.05, 4.69) is 10.3 Å². The Morgan fingerprint density at radius 1 is 0.889 bits per heavy atom. The maximum atomic E-state index is 13.0. The molecule has 3 aromatic carbocycles. The van der Waals surface area contributed by atoms with Gasteiger partial charge >= 0.3 is 5.97 Å². The Labute approximate surface area is 209 Å². The number of carbonyl (C=O) groups excluding carboxylic acids is 1. The van der Waals surface area contributed by atoms with Crippen LogP contribution in [0.25, 0.3) is 11.1 Å². The molecule has 0 radical (unpaired) electrons. The van der Waals surface area contributed by atoms with Gasteiger partial charge in [0.2, 0.25) is 0 Å². The molecule has 7 nitrogen and oxygen atoms in total. The van der Waals surface area contributed by atoms with Crippen molar-refractivity contribution in [3.05, 3.63) is 113 Å². The third kappa shape index (κ3) is 5.95. The van der Waals surface area contributed by atoms with E-state index in [0.717, 1.165) is 11.1 Å². The predicted molar refractivity (Wildman–Crippen MR) is 137 cm³/mol. The van der Waals surface area contributed by atoms with Gasteiger partial charge in [-0.2, -0.15) is 0 Å². The summed E-state index contributed by atoms with van der Waals surface area (Å²) in [6.45, 7) is 2.55. The molecule has 1 heterocycles. The van der Waals surface area contributed by atoms with E-state index in [1.807, 2.05) is 42.5 Å². The Morgan fingerprint density at radius 2 is 1.67 bits per heavy atom. The van der Waals surface area contributed by atoms with Crippen LogP contribution in [0.5, 0.6) is 5.75 Å². The minimum atomic E-state index is -1.04. The standard InChI is InChI=1S/C29H26N2O5/c1-19-25(29(33)34)15-24(16-30-19)22-9-6-10-23(14-22)28(32)31-26-12-11-21(13-27(26)35-2)18-36-17-20-7-4-3-5-8-20/h3-16H,17-18H2,1-2H3,(H,31,32)(H,33,34). The van der Waals surface area contributed by atoms with Gasteiger partial charge in [0.1, 0.15) is 5.75 Å². The first-order chi connectivity index (χ1) is 17.4.